The maximum atomic E-state index is 11.2. The fraction of sp³-hybridized carbons (Fsp3) is 0.0769. The number of carbonyl (C=O) groups is 1. The van der Waals surface area contributed by atoms with E-state index in [2.05, 4.69) is 15.3 Å². The van der Waals surface area contributed by atoms with Crippen LogP contribution in [-0.2, 0) is 0 Å². The maximum Gasteiger partial charge on any atom is 0.337 e. The van der Waals surface area contributed by atoms with E-state index in [9.17, 15) is 4.79 Å². The van der Waals surface area contributed by atoms with Gasteiger partial charge in [-0.15, -0.1) is 11.3 Å². The first kappa shape index (κ1) is 13.0. The van der Waals surface area contributed by atoms with Crippen molar-refractivity contribution in [3.05, 3.63) is 39.0 Å². The Balaban J connectivity index is 2.06. The van der Waals surface area contributed by atoms with Crippen molar-refractivity contribution in [1.82, 2.24) is 9.97 Å². The molecule has 3 N–H and O–H groups in total. The van der Waals surface area contributed by atoms with E-state index in [0.717, 1.165) is 11.3 Å². The number of hydrogen-bond donors (Lipinski definition) is 3. The highest BCUT2D eigenvalue weighted by Gasteiger charge is 2.14. The molecule has 7 heteroatoms. The quantitative estimate of drug-likeness (QED) is 0.682. The average Bonchev–Trinajstić information content (AvgIpc) is 2.95. The van der Waals surface area contributed by atoms with Crippen molar-refractivity contribution in [2.24, 2.45) is 0 Å². The molecule has 0 aliphatic heterocycles. The molecule has 0 amide bonds. The number of hydrogen-bond acceptors (Lipinski definition) is 4. The lowest BCUT2D eigenvalue weighted by atomic mass is 10.2. The van der Waals surface area contributed by atoms with Gasteiger partial charge in [-0.25, -0.2) is 9.78 Å². The zero-order valence-corrected chi connectivity index (χ0v) is 12.0. The molecule has 102 valence electrons. The molecule has 0 aliphatic carbocycles. The molecule has 3 rings (SSSR count). The molecule has 0 radical (unpaired) electrons. The first-order chi connectivity index (χ1) is 9.56. The molecular weight excluding hydrogens is 298 g/mol. The molecule has 2 heterocycles. The number of imidazole rings is 1. The van der Waals surface area contributed by atoms with E-state index in [-0.39, 0.29) is 5.56 Å². The minimum Gasteiger partial charge on any atom is -0.478 e. The molecule has 0 saturated carbocycles. The fourth-order valence-corrected chi connectivity index (χ4v) is 3.00. The van der Waals surface area contributed by atoms with Gasteiger partial charge in [0.2, 0.25) is 5.95 Å². The topological polar surface area (TPSA) is 78.0 Å². The number of para-hydroxylation sites is 1. The number of benzene rings is 1. The Morgan fingerprint density at radius 1 is 1.50 bits per heavy atom. The summed E-state index contributed by atoms with van der Waals surface area (Å²) in [6, 6.07) is 4.98. The van der Waals surface area contributed by atoms with E-state index in [1.807, 2.05) is 12.3 Å². The highest BCUT2D eigenvalue weighted by molar-refractivity contribution is 7.15. The summed E-state index contributed by atoms with van der Waals surface area (Å²) in [4.78, 5) is 18.5. The highest BCUT2D eigenvalue weighted by atomic mass is 35.5. The Kier molecular flexibility index (Phi) is 3.11. The lowest BCUT2D eigenvalue weighted by Gasteiger charge is -2.01. The second-order valence-corrected chi connectivity index (χ2v) is 5.77. The average molecular weight is 308 g/mol. The molecule has 0 aliphatic rings. The van der Waals surface area contributed by atoms with Crippen LogP contribution >= 0.6 is 22.9 Å². The van der Waals surface area contributed by atoms with Crippen LogP contribution in [0.15, 0.2) is 23.6 Å². The SMILES string of the molecule is Cc1csc(Cl)c1Nc1nc2c(C(=O)O)cccc2[nH]1. The number of aromatic nitrogens is 2. The Morgan fingerprint density at radius 2 is 2.30 bits per heavy atom. The van der Waals surface area contributed by atoms with E-state index < -0.39 is 5.97 Å². The summed E-state index contributed by atoms with van der Waals surface area (Å²) in [7, 11) is 0. The van der Waals surface area contributed by atoms with Crippen LogP contribution in [-0.4, -0.2) is 21.0 Å². The molecule has 0 saturated heterocycles. The third-order valence-corrected chi connectivity index (χ3v) is 4.26. The number of rotatable bonds is 3. The fourth-order valence-electron chi connectivity index (χ4n) is 1.94. The minimum absolute atomic E-state index is 0.167. The van der Waals surface area contributed by atoms with Crippen molar-refractivity contribution in [3.8, 4) is 0 Å². The Bertz CT molecular complexity index is 790. The molecule has 0 bridgehead atoms. The molecular formula is C13H10ClN3O2S. The zero-order chi connectivity index (χ0) is 14.3. The molecule has 2 aromatic heterocycles. The largest absolute Gasteiger partial charge is 0.478 e. The van der Waals surface area contributed by atoms with Crippen LogP contribution < -0.4 is 5.32 Å². The van der Waals surface area contributed by atoms with Crippen LogP contribution in [0.1, 0.15) is 15.9 Å². The summed E-state index contributed by atoms with van der Waals surface area (Å²) < 4.78 is 0.640. The second-order valence-electron chi connectivity index (χ2n) is 4.28. The van der Waals surface area contributed by atoms with E-state index in [0.29, 0.717) is 21.3 Å². The molecule has 0 atom stereocenters. The van der Waals surface area contributed by atoms with Gasteiger partial charge in [0, 0.05) is 0 Å². The number of aryl methyl sites for hydroxylation is 1. The number of fused-ring (bicyclic) bond motifs is 1. The normalized spacial score (nSPS) is 10.9. The first-order valence-corrected chi connectivity index (χ1v) is 7.04. The number of aromatic carboxylic acids is 1. The number of aromatic amines is 1. The number of anilines is 2. The van der Waals surface area contributed by atoms with Gasteiger partial charge in [-0.2, -0.15) is 0 Å². The van der Waals surface area contributed by atoms with Gasteiger partial charge in [-0.05, 0) is 30.0 Å². The lowest BCUT2D eigenvalue weighted by Crippen LogP contribution is -1.97. The minimum atomic E-state index is -1.00. The van der Waals surface area contributed by atoms with Crippen molar-refractivity contribution >= 4 is 51.6 Å². The second kappa shape index (κ2) is 4.81. The monoisotopic (exact) mass is 307 g/mol. The zero-order valence-electron chi connectivity index (χ0n) is 10.4. The van der Waals surface area contributed by atoms with Crippen LogP contribution in [0.2, 0.25) is 4.34 Å². The standard InChI is InChI=1S/C13H10ClN3O2S/c1-6-5-20-11(14)9(6)16-13-15-8-4-2-3-7(12(18)19)10(8)17-13/h2-5H,1H3,(H,18,19)(H2,15,16,17). The third-order valence-electron chi connectivity index (χ3n) is 2.92. The van der Waals surface area contributed by atoms with Crippen molar-refractivity contribution in [3.63, 3.8) is 0 Å². The number of thiophene rings is 1. The van der Waals surface area contributed by atoms with Gasteiger partial charge in [0.1, 0.15) is 9.85 Å². The van der Waals surface area contributed by atoms with Gasteiger partial charge in [0.25, 0.3) is 0 Å². The summed E-state index contributed by atoms with van der Waals surface area (Å²) in [6.45, 7) is 1.94. The number of nitrogens with one attached hydrogen (secondary N) is 2. The van der Waals surface area contributed by atoms with Gasteiger partial charge in [0.15, 0.2) is 0 Å². The van der Waals surface area contributed by atoms with Crippen LogP contribution in [0.25, 0.3) is 11.0 Å². The summed E-state index contributed by atoms with van der Waals surface area (Å²) >= 11 is 7.53. The molecule has 1 aromatic carbocycles. The van der Waals surface area contributed by atoms with E-state index in [1.165, 1.54) is 17.4 Å². The number of nitrogens with zero attached hydrogens (tertiary/aromatic N) is 1. The Hall–Kier alpha value is -2.05. The van der Waals surface area contributed by atoms with Crippen molar-refractivity contribution < 1.29 is 9.90 Å². The summed E-state index contributed by atoms with van der Waals surface area (Å²) in [6.07, 6.45) is 0. The molecule has 0 spiro atoms. The number of halogens is 1. The smallest absolute Gasteiger partial charge is 0.337 e. The van der Waals surface area contributed by atoms with Crippen molar-refractivity contribution in [2.75, 3.05) is 5.32 Å². The summed E-state index contributed by atoms with van der Waals surface area (Å²) in [5.74, 6) is -0.532. The van der Waals surface area contributed by atoms with Gasteiger partial charge in [-0.3, -0.25) is 0 Å². The van der Waals surface area contributed by atoms with Gasteiger partial charge in [0.05, 0.1) is 16.8 Å². The molecule has 5 nitrogen and oxygen atoms in total. The molecule has 0 fully saturated rings. The molecule has 3 aromatic rings. The summed E-state index contributed by atoms with van der Waals surface area (Å²) in [5, 5.41) is 14.2. The Morgan fingerprint density at radius 3 is 2.95 bits per heavy atom. The lowest BCUT2D eigenvalue weighted by molar-refractivity contribution is 0.0699. The van der Waals surface area contributed by atoms with Crippen LogP contribution in [0.3, 0.4) is 0 Å². The van der Waals surface area contributed by atoms with E-state index >= 15 is 0 Å². The third kappa shape index (κ3) is 2.13. The van der Waals surface area contributed by atoms with Gasteiger partial charge < -0.3 is 15.4 Å². The van der Waals surface area contributed by atoms with Gasteiger partial charge in [-0.1, -0.05) is 17.7 Å². The summed E-state index contributed by atoms with van der Waals surface area (Å²) in [5.41, 5.74) is 3.05. The van der Waals surface area contributed by atoms with Gasteiger partial charge >= 0.3 is 5.97 Å². The van der Waals surface area contributed by atoms with Crippen molar-refractivity contribution in [1.29, 1.82) is 0 Å². The molecule has 20 heavy (non-hydrogen) atoms. The van der Waals surface area contributed by atoms with E-state index in [4.69, 9.17) is 16.7 Å². The van der Waals surface area contributed by atoms with E-state index in [1.54, 1.807) is 12.1 Å². The Labute approximate surface area is 123 Å². The predicted molar refractivity (Wildman–Crippen MR) is 80.4 cm³/mol. The predicted octanol–water partition coefficient (Wildman–Crippen LogP) is 4.03. The maximum absolute atomic E-state index is 11.2. The van der Waals surface area contributed by atoms with Crippen LogP contribution in [0.5, 0.6) is 0 Å². The van der Waals surface area contributed by atoms with Crippen LogP contribution in [0.4, 0.5) is 11.6 Å². The number of carboxylic acids is 1. The van der Waals surface area contributed by atoms with Crippen LogP contribution in [0, 0.1) is 6.92 Å². The number of H-pyrrole nitrogens is 1. The molecule has 0 unspecified atom stereocenters. The van der Waals surface area contributed by atoms with Crippen molar-refractivity contribution in [2.45, 2.75) is 6.92 Å². The number of carboxylic acid groups (broad SMARTS) is 1. The first-order valence-electron chi connectivity index (χ1n) is 5.79. The highest BCUT2D eigenvalue weighted by Crippen LogP contribution is 2.34.